The number of amidine groups is 1. The fraction of sp³-hybridized carbons (Fsp3) is 0.273. The van der Waals surface area contributed by atoms with Crippen molar-refractivity contribution >= 4 is 41.1 Å². The van der Waals surface area contributed by atoms with Gasteiger partial charge in [-0.25, -0.2) is 0 Å². The third kappa shape index (κ3) is 8.68. The smallest absolute Gasteiger partial charge is 0.243 e. The molecule has 4 rings (SSSR count). The van der Waals surface area contributed by atoms with E-state index in [4.69, 9.17) is 28.3 Å². The Bertz CT molecular complexity index is 1600. The number of benzene rings is 3. The molecule has 0 radical (unpaired) electrons. The highest BCUT2D eigenvalue weighted by Crippen LogP contribution is 2.27. The molecule has 13 nitrogen and oxygen atoms in total. The van der Waals surface area contributed by atoms with Crippen LogP contribution in [-0.2, 0) is 38.6 Å². The molecule has 0 saturated heterocycles. The number of hydrogen-bond donors (Lipinski definition) is 7. The summed E-state index contributed by atoms with van der Waals surface area (Å²) in [5, 5.41) is 13.2. The maximum Gasteiger partial charge on any atom is 0.243 e. The molecule has 46 heavy (non-hydrogen) atoms. The number of carbonyl (C=O) groups is 4. The lowest BCUT2D eigenvalue weighted by molar-refractivity contribution is -0.148. The predicted molar refractivity (Wildman–Crippen MR) is 175 cm³/mol. The molecule has 13 heteroatoms. The first kappa shape index (κ1) is 33.2. The van der Waals surface area contributed by atoms with E-state index in [0.717, 1.165) is 11.1 Å². The lowest BCUT2D eigenvalue weighted by atomic mass is 9.90. The van der Waals surface area contributed by atoms with Gasteiger partial charge in [-0.1, -0.05) is 66.7 Å². The predicted octanol–water partition coefficient (Wildman–Crippen LogP) is 0.745. The topological polar surface area (TPSA) is 236 Å². The van der Waals surface area contributed by atoms with Gasteiger partial charge in [0, 0.05) is 30.8 Å². The highest BCUT2D eigenvalue weighted by molar-refractivity contribution is 6.07. The highest BCUT2D eigenvalue weighted by atomic mass is 16.2. The van der Waals surface area contributed by atoms with Crippen LogP contribution in [0.25, 0.3) is 0 Å². The molecule has 0 spiro atoms. The van der Waals surface area contributed by atoms with Gasteiger partial charge >= 0.3 is 0 Å². The third-order valence-electron chi connectivity index (χ3n) is 7.80. The van der Waals surface area contributed by atoms with Gasteiger partial charge in [-0.2, -0.15) is 0 Å². The molecule has 1 aliphatic rings. The van der Waals surface area contributed by atoms with E-state index in [1.807, 2.05) is 30.3 Å². The molecule has 11 N–H and O–H groups in total. The molecule has 1 heterocycles. The van der Waals surface area contributed by atoms with Crippen LogP contribution < -0.4 is 33.6 Å². The fourth-order valence-electron chi connectivity index (χ4n) is 5.35. The Morgan fingerprint density at radius 1 is 0.891 bits per heavy atom. The van der Waals surface area contributed by atoms with Crippen LogP contribution in [0.1, 0.15) is 35.1 Å². The van der Waals surface area contributed by atoms with Crippen molar-refractivity contribution in [2.24, 2.45) is 33.8 Å². The van der Waals surface area contributed by atoms with Crippen LogP contribution in [0.15, 0.2) is 83.9 Å². The Morgan fingerprint density at radius 3 is 2.17 bits per heavy atom. The van der Waals surface area contributed by atoms with Gasteiger partial charge in [-0.15, -0.1) is 0 Å². The summed E-state index contributed by atoms with van der Waals surface area (Å²) in [5.41, 5.74) is 25.4. The monoisotopic (exact) mass is 625 g/mol. The van der Waals surface area contributed by atoms with Crippen molar-refractivity contribution in [1.29, 1.82) is 5.41 Å². The van der Waals surface area contributed by atoms with Gasteiger partial charge in [0.05, 0.1) is 0 Å². The normalized spacial score (nSPS) is 15.0. The second kappa shape index (κ2) is 15.3. The number of nitrogen functional groups attached to an aromatic ring is 1. The molecule has 0 fully saturated rings. The molecule has 0 aromatic heterocycles. The average Bonchev–Trinajstić information content (AvgIpc) is 3.04. The molecule has 3 atom stereocenters. The molecule has 3 aromatic carbocycles. The second-order valence-electron chi connectivity index (χ2n) is 11.1. The number of guanidine groups is 1. The Labute approximate surface area is 266 Å². The van der Waals surface area contributed by atoms with Gasteiger partial charge in [-0.05, 0) is 48.1 Å². The lowest BCUT2D eigenvalue weighted by Crippen LogP contribution is -2.58. The third-order valence-corrected chi connectivity index (χ3v) is 7.80. The second-order valence-corrected chi connectivity index (χ2v) is 11.1. The van der Waals surface area contributed by atoms with Crippen molar-refractivity contribution in [2.45, 2.75) is 44.3 Å². The summed E-state index contributed by atoms with van der Waals surface area (Å²) in [6, 6.07) is 20.9. The van der Waals surface area contributed by atoms with Gasteiger partial charge in [0.2, 0.25) is 23.6 Å². The van der Waals surface area contributed by atoms with E-state index >= 15 is 0 Å². The van der Waals surface area contributed by atoms with Crippen molar-refractivity contribution in [3.8, 4) is 0 Å². The highest BCUT2D eigenvalue weighted by Gasteiger charge is 2.40. The van der Waals surface area contributed by atoms with Gasteiger partial charge < -0.3 is 38.5 Å². The van der Waals surface area contributed by atoms with Crippen molar-refractivity contribution in [3.63, 3.8) is 0 Å². The number of carbonyl (C=O) groups excluding carboxylic acids is 4. The molecule has 4 amide bonds. The van der Waals surface area contributed by atoms with Crippen LogP contribution in [0.3, 0.4) is 0 Å². The molecular formula is C33H39N9O4. The number of aliphatic imine (C=N–C) groups is 1. The van der Waals surface area contributed by atoms with E-state index in [2.05, 4.69) is 15.6 Å². The first-order valence-electron chi connectivity index (χ1n) is 14.8. The zero-order chi connectivity index (χ0) is 33.2. The number of para-hydroxylation sites is 1. The van der Waals surface area contributed by atoms with E-state index in [0.29, 0.717) is 23.2 Å². The van der Waals surface area contributed by atoms with E-state index in [9.17, 15) is 19.2 Å². The SMILES string of the molecule is N=C(N)c1ccc(C[C@@H](C(=O)Nc2ccccc2)C(=O)N2Cc3ccccc3CC2C(=O)N[C@@H](CCCN=C(N)N)C(N)=O)cc1. The number of hydrogen-bond acceptors (Lipinski definition) is 6. The number of nitrogens with two attached hydrogens (primary N) is 4. The molecule has 1 aliphatic heterocycles. The summed E-state index contributed by atoms with van der Waals surface area (Å²) in [6.45, 7) is 0.326. The zero-order valence-corrected chi connectivity index (χ0v) is 25.3. The van der Waals surface area contributed by atoms with Crippen LogP contribution in [0.4, 0.5) is 5.69 Å². The molecule has 1 unspecified atom stereocenters. The maximum absolute atomic E-state index is 14.4. The fourth-order valence-corrected chi connectivity index (χ4v) is 5.35. The average molecular weight is 626 g/mol. The van der Waals surface area contributed by atoms with E-state index in [1.54, 1.807) is 48.5 Å². The van der Waals surface area contributed by atoms with Crippen LogP contribution in [0, 0.1) is 11.3 Å². The number of fused-ring (bicyclic) bond motifs is 1. The summed E-state index contributed by atoms with van der Waals surface area (Å²) >= 11 is 0. The largest absolute Gasteiger partial charge is 0.384 e. The minimum Gasteiger partial charge on any atom is -0.384 e. The summed E-state index contributed by atoms with van der Waals surface area (Å²) in [7, 11) is 0. The summed E-state index contributed by atoms with van der Waals surface area (Å²) < 4.78 is 0. The Balaban J connectivity index is 1.64. The van der Waals surface area contributed by atoms with Crippen LogP contribution in [0.5, 0.6) is 0 Å². The standard InChI is InChI=1S/C33H39N9O4/c34-28(35)21-14-12-20(13-15-21)17-25(30(44)40-24-9-2-1-3-10-24)32(46)42-19-23-8-5-4-7-22(23)18-27(42)31(45)41-26(29(36)43)11-6-16-39-33(37)38/h1-5,7-10,12-15,25-27H,6,11,16-19H2,(H3,34,35)(H2,36,43)(H,40,44)(H,41,45)(H4,37,38,39)/t25-,26-,27?/m0/s1. The summed E-state index contributed by atoms with van der Waals surface area (Å²) in [4.78, 5) is 59.6. The quantitative estimate of drug-likeness (QED) is 0.0622. The van der Waals surface area contributed by atoms with Crippen LogP contribution in [0.2, 0.25) is 0 Å². The van der Waals surface area contributed by atoms with Crippen molar-refractivity contribution in [3.05, 3.63) is 101 Å². The summed E-state index contributed by atoms with van der Waals surface area (Å²) in [6.07, 6.45) is 0.768. The number of amides is 4. The Morgan fingerprint density at radius 2 is 1.54 bits per heavy atom. The van der Waals surface area contributed by atoms with Gasteiger partial charge in [-0.3, -0.25) is 29.6 Å². The molecular weight excluding hydrogens is 586 g/mol. The molecule has 240 valence electrons. The molecule has 3 aromatic rings. The number of nitrogens with zero attached hydrogens (tertiary/aromatic N) is 2. The van der Waals surface area contributed by atoms with Crippen LogP contribution in [-0.4, -0.2) is 59.0 Å². The van der Waals surface area contributed by atoms with Crippen molar-refractivity contribution in [2.75, 3.05) is 11.9 Å². The molecule has 0 aliphatic carbocycles. The minimum atomic E-state index is -1.21. The number of nitrogens with one attached hydrogen (secondary N) is 3. The minimum absolute atomic E-state index is 0.0247. The first-order chi connectivity index (χ1) is 22.0. The number of anilines is 1. The number of rotatable bonds is 13. The lowest BCUT2D eigenvalue weighted by Gasteiger charge is -2.38. The summed E-state index contributed by atoms with van der Waals surface area (Å²) in [5.74, 6) is -3.80. The zero-order valence-electron chi connectivity index (χ0n) is 25.3. The first-order valence-corrected chi connectivity index (χ1v) is 14.8. The Kier molecular flexibility index (Phi) is 11.1. The van der Waals surface area contributed by atoms with E-state index < -0.39 is 41.6 Å². The molecule has 0 bridgehead atoms. The maximum atomic E-state index is 14.4. The van der Waals surface area contributed by atoms with Gasteiger partial charge in [0.15, 0.2) is 5.96 Å². The van der Waals surface area contributed by atoms with Crippen molar-refractivity contribution < 1.29 is 19.2 Å². The van der Waals surface area contributed by atoms with Gasteiger partial charge in [0.25, 0.3) is 0 Å². The van der Waals surface area contributed by atoms with Gasteiger partial charge in [0.1, 0.15) is 23.8 Å². The molecule has 0 saturated carbocycles. The number of primary amides is 1. The van der Waals surface area contributed by atoms with Crippen molar-refractivity contribution in [1.82, 2.24) is 10.2 Å². The Hall–Kier alpha value is -5.72. The van der Waals surface area contributed by atoms with E-state index in [-0.39, 0.29) is 44.1 Å². The van der Waals surface area contributed by atoms with Crippen LogP contribution >= 0.6 is 0 Å². The van der Waals surface area contributed by atoms with E-state index in [1.165, 1.54) is 4.90 Å².